The number of benzene rings is 2. The average Bonchev–Trinajstić information content (AvgIpc) is 2.55. The number of pyridine rings is 1. The highest BCUT2D eigenvalue weighted by atomic mass is 16.5. The predicted molar refractivity (Wildman–Crippen MR) is 87.0 cm³/mol. The summed E-state index contributed by atoms with van der Waals surface area (Å²) in [5.74, 6) is 0.473. The van der Waals surface area contributed by atoms with Gasteiger partial charge in [0.15, 0.2) is 6.61 Å². The van der Waals surface area contributed by atoms with Crippen molar-refractivity contribution in [3.63, 3.8) is 0 Å². The van der Waals surface area contributed by atoms with Crippen LogP contribution in [0.4, 0.5) is 5.69 Å². The molecule has 0 radical (unpaired) electrons. The number of rotatable bonds is 4. The summed E-state index contributed by atoms with van der Waals surface area (Å²) in [5.41, 5.74) is 1.67. The summed E-state index contributed by atoms with van der Waals surface area (Å²) in [6.07, 6.45) is 3.32. The van der Waals surface area contributed by atoms with Crippen LogP contribution in [0.3, 0.4) is 0 Å². The summed E-state index contributed by atoms with van der Waals surface area (Å²) in [4.78, 5) is 15.9. The Bertz CT molecular complexity index is 815. The fourth-order valence-corrected chi connectivity index (χ4v) is 2.19. The second-order valence-electron chi connectivity index (χ2n) is 5.04. The molecule has 0 atom stereocenters. The van der Waals surface area contributed by atoms with Gasteiger partial charge in [0.25, 0.3) is 5.91 Å². The summed E-state index contributed by atoms with van der Waals surface area (Å²) in [7, 11) is 0. The molecular weight excluding hydrogens is 276 g/mol. The Morgan fingerprint density at radius 2 is 1.95 bits per heavy atom. The zero-order chi connectivity index (χ0) is 15.4. The molecule has 1 heterocycles. The molecule has 1 aromatic heterocycles. The van der Waals surface area contributed by atoms with Gasteiger partial charge in [-0.2, -0.15) is 0 Å². The van der Waals surface area contributed by atoms with Crippen molar-refractivity contribution in [1.82, 2.24) is 4.98 Å². The third-order valence-corrected chi connectivity index (χ3v) is 3.40. The lowest BCUT2D eigenvalue weighted by molar-refractivity contribution is -0.118. The first kappa shape index (κ1) is 14.1. The van der Waals surface area contributed by atoms with Crippen molar-refractivity contribution in [3.8, 4) is 5.75 Å². The van der Waals surface area contributed by atoms with E-state index >= 15 is 0 Å². The number of aromatic nitrogens is 1. The van der Waals surface area contributed by atoms with Crippen molar-refractivity contribution in [2.75, 3.05) is 11.9 Å². The molecule has 0 saturated heterocycles. The van der Waals surface area contributed by atoms with Crippen LogP contribution in [-0.4, -0.2) is 17.5 Å². The number of fused-ring (bicyclic) bond motifs is 1. The molecule has 1 N–H and O–H groups in total. The van der Waals surface area contributed by atoms with Crippen LogP contribution in [-0.2, 0) is 4.79 Å². The normalized spacial score (nSPS) is 10.4. The number of nitrogens with zero attached hydrogens (tertiary/aromatic N) is 1. The molecule has 0 unspecified atom stereocenters. The van der Waals surface area contributed by atoms with E-state index in [0.29, 0.717) is 11.4 Å². The second-order valence-corrected chi connectivity index (χ2v) is 5.04. The van der Waals surface area contributed by atoms with Gasteiger partial charge in [-0.25, -0.2) is 0 Å². The molecule has 22 heavy (non-hydrogen) atoms. The molecule has 4 heteroatoms. The molecule has 0 aliphatic carbocycles. The monoisotopic (exact) mass is 292 g/mol. The number of carbonyl (C=O) groups excluding carboxylic acids is 1. The molecule has 110 valence electrons. The van der Waals surface area contributed by atoms with Gasteiger partial charge in [0.05, 0.1) is 11.9 Å². The van der Waals surface area contributed by atoms with Crippen molar-refractivity contribution in [2.24, 2.45) is 0 Å². The van der Waals surface area contributed by atoms with Gasteiger partial charge in [-0.05, 0) is 41.5 Å². The first-order valence-corrected chi connectivity index (χ1v) is 7.04. The Labute approximate surface area is 128 Å². The van der Waals surface area contributed by atoms with Crippen molar-refractivity contribution in [3.05, 3.63) is 66.5 Å². The highest BCUT2D eigenvalue weighted by molar-refractivity contribution is 5.92. The van der Waals surface area contributed by atoms with E-state index in [0.717, 1.165) is 16.3 Å². The molecule has 3 aromatic rings. The predicted octanol–water partition coefficient (Wildman–Crippen LogP) is 3.56. The third kappa shape index (κ3) is 3.23. The zero-order valence-electron chi connectivity index (χ0n) is 12.2. The molecule has 0 aliphatic heterocycles. The highest BCUT2D eigenvalue weighted by Crippen LogP contribution is 2.20. The van der Waals surface area contributed by atoms with Gasteiger partial charge >= 0.3 is 0 Å². The van der Waals surface area contributed by atoms with Gasteiger partial charge in [-0.3, -0.25) is 9.78 Å². The van der Waals surface area contributed by atoms with E-state index in [9.17, 15) is 4.79 Å². The van der Waals surface area contributed by atoms with Gasteiger partial charge in [0.1, 0.15) is 5.75 Å². The number of aryl methyl sites for hydroxylation is 1. The standard InChI is InChI=1S/C18H16N2O2/c1-13-8-9-19-11-17(13)20-18(21)12-22-16-7-6-14-4-2-3-5-15(14)10-16/h2-11H,12H2,1H3,(H,20,21). The van der Waals surface area contributed by atoms with Crippen molar-refractivity contribution >= 4 is 22.4 Å². The van der Waals surface area contributed by atoms with E-state index in [2.05, 4.69) is 10.3 Å². The smallest absolute Gasteiger partial charge is 0.262 e. The van der Waals surface area contributed by atoms with Crippen LogP contribution in [0.25, 0.3) is 10.8 Å². The van der Waals surface area contributed by atoms with Crippen LogP contribution in [0, 0.1) is 6.92 Å². The summed E-state index contributed by atoms with van der Waals surface area (Å²) in [6.45, 7) is 1.88. The topological polar surface area (TPSA) is 51.2 Å². The van der Waals surface area contributed by atoms with E-state index < -0.39 is 0 Å². The number of anilines is 1. The van der Waals surface area contributed by atoms with Crippen LogP contribution in [0.1, 0.15) is 5.56 Å². The van der Waals surface area contributed by atoms with E-state index in [1.165, 1.54) is 0 Å². The Morgan fingerprint density at radius 3 is 2.77 bits per heavy atom. The largest absolute Gasteiger partial charge is 0.484 e. The fourth-order valence-electron chi connectivity index (χ4n) is 2.19. The van der Waals surface area contributed by atoms with Gasteiger partial charge in [-0.15, -0.1) is 0 Å². The first-order chi connectivity index (χ1) is 10.7. The van der Waals surface area contributed by atoms with E-state index in [1.54, 1.807) is 12.4 Å². The molecule has 0 spiro atoms. The molecule has 0 aliphatic rings. The second kappa shape index (κ2) is 6.26. The maximum Gasteiger partial charge on any atom is 0.262 e. The van der Waals surface area contributed by atoms with Crippen LogP contribution >= 0.6 is 0 Å². The van der Waals surface area contributed by atoms with Crippen LogP contribution < -0.4 is 10.1 Å². The van der Waals surface area contributed by atoms with Crippen molar-refractivity contribution < 1.29 is 9.53 Å². The summed E-state index contributed by atoms with van der Waals surface area (Å²) in [5, 5.41) is 5.02. The number of ether oxygens (including phenoxy) is 1. The Morgan fingerprint density at radius 1 is 1.14 bits per heavy atom. The van der Waals surface area contributed by atoms with Crippen molar-refractivity contribution in [2.45, 2.75) is 6.92 Å². The van der Waals surface area contributed by atoms with Gasteiger partial charge in [0.2, 0.25) is 0 Å². The highest BCUT2D eigenvalue weighted by Gasteiger charge is 2.06. The number of carbonyl (C=O) groups is 1. The minimum absolute atomic E-state index is 0.0350. The van der Waals surface area contributed by atoms with E-state index in [1.807, 2.05) is 55.5 Å². The van der Waals surface area contributed by atoms with Crippen LogP contribution in [0.2, 0.25) is 0 Å². The van der Waals surface area contributed by atoms with E-state index in [4.69, 9.17) is 4.74 Å². The Kier molecular flexibility index (Phi) is 4.01. The summed E-state index contributed by atoms with van der Waals surface area (Å²) in [6, 6.07) is 15.6. The van der Waals surface area contributed by atoms with Crippen LogP contribution in [0.5, 0.6) is 5.75 Å². The van der Waals surface area contributed by atoms with E-state index in [-0.39, 0.29) is 12.5 Å². The zero-order valence-corrected chi connectivity index (χ0v) is 12.2. The van der Waals surface area contributed by atoms with Gasteiger partial charge in [0, 0.05) is 6.20 Å². The number of hydrogen-bond donors (Lipinski definition) is 1. The third-order valence-electron chi connectivity index (χ3n) is 3.40. The van der Waals surface area contributed by atoms with Gasteiger partial charge in [-0.1, -0.05) is 30.3 Å². The fraction of sp³-hybridized carbons (Fsp3) is 0.111. The Balaban J connectivity index is 1.63. The molecule has 2 aromatic carbocycles. The summed E-state index contributed by atoms with van der Waals surface area (Å²) >= 11 is 0. The molecule has 4 nitrogen and oxygen atoms in total. The van der Waals surface area contributed by atoms with Crippen molar-refractivity contribution in [1.29, 1.82) is 0 Å². The quantitative estimate of drug-likeness (QED) is 0.800. The SMILES string of the molecule is Cc1ccncc1NC(=O)COc1ccc2ccccc2c1. The lowest BCUT2D eigenvalue weighted by Gasteiger charge is -2.09. The molecule has 3 rings (SSSR count). The number of amides is 1. The Hall–Kier alpha value is -2.88. The molecule has 1 amide bonds. The van der Waals surface area contributed by atoms with Gasteiger partial charge < -0.3 is 10.1 Å². The number of nitrogens with one attached hydrogen (secondary N) is 1. The lowest BCUT2D eigenvalue weighted by Crippen LogP contribution is -2.20. The first-order valence-electron chi connectivity index (χ1n) is 7.04. The molecule has 0 fully saturated rings. The molecule has 0 bridgehead atoms. The minimum Gasteiger partial charge on any atom is -0.484 e. The number of hydrogen-bond acceptors (Lipinski definition) is 3. The summed E-state index contributed by atoms with van der Waals surface area (Å²) < 4.78 is 5.56. The molecule has 0 saturated carbocycles. The maximum absolute atomic E-state index is 11.9. The lowest BCUT2D eigenvalue weighted by atomic mass is 10.1. The van der Waals surface area contributed by atoms with Crippen LogP contribution in [0.15, 0.2) is 60.9 Å². The average molecular weight is 292 g/mol. The molecular formula is C18H16N2O2. The minimum atomic E-state index is -0.204. The maximum atomic E-state index is 11.9.